The minimum Gasteiger partial charge on any atom is -0.376 e. The highest BCUT2D eigenvalue weighted by molar-refractivity contribution is 7.88. The summed E-state index contributed by atoms with van der Waals surface area (Å²) in [7, 11) is -5.67. The molecule has 2 aromatic carbocycles. The molecule has 3 nitrogen and oxygen atoms in total. The van der Waals surface area contributed by atoms with E-state index >= 15 is 0 Å². The number of hydrogen-bond acceptors (Lipinski definition) is 3. The van der Waals surface area contributed by atoms with E-state index < -0.39 is 15.6 Å². The molecule has 22 heavy (non-hydrogen) atoms. The van der Waals surface area contributed by atoms with Crippen molar-refractivity contribution in [1.82, 2.24) is 0 Å². The molecular formula is C15H13F3O3S. The Morgan fingerprint density at radius 3 is 2.36 bits per heavy atom. The second-order valence-electron chi connectivity index (χ2n) is 4.76. The molecule has 0 aliphatic carbocycles. The summed E-state index contributed by atoms with van der Waals surface area (Å²) in [5, 5.41) is 0. The summed E-state index contributed by atoms with van der Waals surface area (Å²) in [6.07, 6.45) is 0.269. The van der Waals surface area contributed by atoms with Crippen molar-refractivity contribution in [1.29, 1.82) is 0 Å². The lowest BCUT2D eigenvalue weighted by atomic mass is 10.0. The van der Waals surface area contributed by atoms with E-state index in [2.05, 4.69) is 4.18 Å². The van der Waals surface area contributed by atoms with Crippen LogP contribution in [0.5, 0.6) is 5.75 Å². The van der Waals surface area contributed by atoms with Gasteiger partial charge in [0.05, 0.1) is 0 Å². The molecule has 0 aromatic heterocycles. The fourth-order valence-electron chi connectivity index (χ4n) is 1.94. The zero-order valence-corrected chi connectivity index (χ0v) is 12.4. The SMILES string of the molecule is Cc1cccc(Cc2ccccc2OS(=O)(=O)C(F)(F)F)c1. The van der Waals surface area contributed by atoms with Gasteiger partial charge in [-0.1, -0.05) is 48.0 Å². The zero-order chi connectivity index (χ0) is 16.4. The van der Waals surface area contributed by atoms with Crippen LogP contribution in [0, 0.1) is 6.92 Å². The summed E-state index contributed by atoms with van der Waals surface area (Å²) in [5.74, 6) is -0.318. The van der Waals surface area contributed by atoms with Crippen LogP contribution < -0.4 is 4.18 Å². The highest BCUT2D eigenvalue weighted by Gasteiger charge is 2.48. The van der Waals surface area contributed by atoms with E-state index in [1.54, 1.807) is 6.07 Å². The molecule has 0 bridgehead atoms. The van der Waals surface area contributed by atoms with Crippen LogP contribution in [0.25, 0.3) is 0 Å². The first-order valence-electron chi connectivity index (χ1n) is 6.33. The van der Waals surface area contributed by atoms with Crippen molar-refractivity contribution in [2.24, 2.45) is 0 Å². The first-order chi connectivity index (χ1) is 10.2. The molecule has 0 unspecified atom stereocenters. The predicted octanol–water partition coefficient (Wildman–Crippen LogP) is 3.81. The Balaban J connectivity index is 2.32. The second-order valence-corrected chi connectivity index (χ2v) is 6.29. The number of para-hydroxylation sites is 1. The number of rotatable bonds is 4. The summed E-state index contributed by atoms with van der Waals surface area (Å²) >= 11 is 0. The lowest BCUT2D eigenvalue weighted by Gasteiger charge is -2.13. The van der Waals surface area contributed by atoms with Gasteiger partial charge in [-0.25, -0.2) is 0 Å². The lowest BCUT2D eigenvalue weighted by Crippen LogP contribution is -2.28. The maximum Gasteiger partial charge on any atom is 0.534 e. The van der Waals surface area contributed by atoms with Gasteiger partial charge in [0.2, 0.25) is 0 Å². The summed E-state index contributed by atoms with van der Waals surface area (Å²) < 4.78 is 63.8. The highest BCUT2D eigenvalue weighted by Crippen LogP contribution is 2.29. The molecule has 0 amide bonds. The van der Waals surface area contributed by atoms with Crippen molar-refractivity contribution in [2.75, 3.05) is 0 Å². The van der Waals surface area contributed by atoms with Crippen LogP contribution in [0.2, 0.25) is 0 Å². The van der Waals surface area contributed by atoms with Crippen molar-refractivity contribution in [3.05, 3.63) is 65.2 Å². The third-order valence-corrected chi connectivity index (χ3v) is 3.90. The van der Waals surface area contributed by atoms with Gasteiger partial charge in [0.15, 0.2) is 0 Å². The molecule has 7 heteroatoms. The van der Waals surface area contributed by atoms with Crippen LogP contribution in [0.4, 0.5) is 13.2 Å². The molecule has 0 saturated heterocycles. The van der Waals surface area contributed by atoms with Gasteiger partial charge >= 0.3 is 15.6 Å². The van der Waals surface area contributed by atoms with Gasteiger partial charge in [-0.15, -0.1) is 0 Å². The van der Waals surface area contributed by atoms with Gasteiger partial charge in [0.1, 0.15) is 5.75 Å². The fraction of sp³-hybridized carbons (Fsp3) is 0.200. The summed E-state index contributed by atoms with van der Waals surface area (Å²) in [5.41, 5.74) is -3.25. The molecule has 0 N–H and O–H groups in total. The normalized spacial score (nSPS) is 12.2. The monoisotopic (exact) mass is 330 g/mol. The van der Waals surface area contributed by atoms with Crippen LogP contribution in [0.3, 0.4) is 0 Å². The third kappa shape index (κ3) is 3.79. The van der Waals surface area contributed by atoms with E-state index in [4.69, 9.17) is 0 Å². The molecular weight excluding hydrogens is 317 g/mol. The van der Waals surface area contributed by atoms with E-state index in [0.29, 0.717) is 5.56 Å². The Morgan fingerprint density at radius 1 is 1.05 bits per heavy atom. The number of alkyl halides is 3. The van der Waals surface area contributed by atoms with Gasteiger partial charge in [0, 0.05) is 12.0 Å². The third-order valence-electron chi connectivity index (χ3n) is 2.93. The molecule has 0 atom stereocenters. The van der Waals surface area contributed by atoms with Crippen molar-refractivity contribution in [3.63, 3.8) is 0 Å². The van der Waals surface area contributed by atoms with Gasteiger partial charge in [-0.3, -0.25) is 0 Å². The quantitative estimate of drug-likeness (QED) is 0.632. The molecule has 2 rings (SSSR count). The lowest BCUT2D eigenvalue weighted by molar-refractivity contribution is -0.0500. The smallest absolute Gasteiger partial charge is 0.376 e. The Hall–Kier alpha value is -2.02. The average molecular weight is 330 g/mol. The van der Waals surface area contributed by atoms with Gasteiger partial charge in [-0.2, -0.15) is 21.6 Å². The molecule has 0 saturated carbocycles. The molecule has 0 aliphatic heterocycles. The molecule has 0 radical (unpaired) electrons. The van der Waals surface area contributed by atoms with Crippen molar-refractivity contribution < 1.29 is 25.8 Å². The minimum atomic E-state index is -5.67. The predicted molar refractivity (Wildman–Crippen MR) is 76.0 cm³/mol. The first-order valence-corrected chi connectivity index (χ1v) is 7.74. The Morgan fingerprint density at radius 2 is 1.73 bits per heavy atom. The van der Waals surface area contributed by atoms with E-state index in [1.807, 2.05) is 31.2 Å². The minimum absolute atomic E-state index is 0.269. The van der Waals surface area contributed by atoms with E-state index in [-0.39, 0.29) is 12.2 Å². The largest absolute Gasteiger partial charge is 0.534 e. The number of halogens is 3. The van der Waals surface area contributed by atoms with Crippen LogP contribution in [-0.2, 0) is 16.5 Å². The first kappa shape index (κ1) is 16.4. The maximum atomic E-state index is 12.4. The molecule has 0 spiro atoms. The molecule has 0 heterocycles. The summed E-state index contributed by atoms with van der Waals surface area (Å²) in [4.78, 5) is 0. The van der Waals surface area contributed by atoms with Crippen molar-refractivity contribution in [2.45, 2.75) is 18.9 Å². The van der Waals surface area contributed by atoms with Crippen LogP contribution in [-0.4, -0.2) is 13.9 Å². The summed E-state index contributed by atoms with van der Waals surface area (Å²) in [6.45, 7) is 1.89. The Bertz CT molecular complexity index is 768. The second kappa shape index (κ2) is 6.00. The highest BCUT2D eigenvalue weighted by atomic mass is 32.2. The maximum absolute atomic E-state index is 12.4. The Kier molecular flexibility index (Phi) is 4.46. The van der Waals surface area contributed by atoms with Crippen LogP contribution in [0.1, 0.15) is 16.7 Å². The number of benzene rings is 2. The topological polar surface area (TPSA) is 43.4 Å². The molecule has 0 aliphatic rings. The van der Waals surface area contributed by atoms with Gasteiger partial charge < -0.3 is 4.18 Å². The van der Waals surface area contributed by atoms with Crippen molar-refractivity contribution >= 4 is 10.1 Å². The molecule has 0 fully saturated rings. The number of hydrogen-bond donors (Lipinski definition) is 0. The standard InChI is InChI=1S/C15H13F3O3S/c1-11-5-4-6-12(9-11)10-13-7-2-3-8-14(13)21-22(19,20)15(16,17)18/h2-9H,10H2,1H3. The Labute approximate surface area is 126 Å². The molecule has 118 valence electrons. The van der Waals surface area contributed by atoms with Gasteiger partial charge in [-0.05, 0) is 18.6 Å². The number of aryl methyl sites for hydroxylation is 1. The zero-order valence-electron chi connectivity index (χ0n) is 11.6. The van der Waals surface area contributed by atoms with Crippen molar-refractivity contribution in [3.8, 4) is 5.75 Å². The van der Waals surface area contributed by atoms with Crippen LogP contribution in [0.15, 0.2) is 48.5 Å². The summed E-state index contributed by atoms with van der Waals surface area (Å²) in [6, 6.07) is 13.1. The van der Waals surface area contributed by atoms with Gasteiger partial charge in [0.25, 0.3) is 0 Å². The average Bonchev–Trinajstić information content (AvgIpc) is 2.39. The molecule has 2 aromatic rings. The van der Waals surface area contributed by atoms with E-state index in [9.17, 15) is 21.6 Å². The van der Waals surface area contributed by atoms with Crippen LogP contribution >= 0.6 is 0 Å². The van der Waals surface area contributed by atoms with E-state index in [0.717, 1.165) is 11.1 Å². The van der Waals surface area contributed by atoms with E-state index in [1.165, 1.54) is 18.2 Å². The fourth-order valence-corrected chi connectivity index (χ4v) is 2.43.